The zero-order chi connectivity index (χ0) is 13.9. The molecule has 0 atom stereocenters. The summed E-state index contributed by atoms with van der Waals surface area (Å²) in [5.41, 5.74) is -0.748. The lowest BCUT2D eigenvalue weighted by molar-refractivity contribution is -0.168. The Hall–Kier alpha value is -0.530. The van der Waals surface area contributed by atoms with Crippen LogP contribution in [0.25, 0.3) is 0 Å². The van der Waals surface area contributed by atoms with Crippen LogP contribution < -0.4 is 0 Å². The molecule has 0 aromatic carbocycles. The Balaban J connectivity index is 4.84. The summed E-state index contributed by atoms with van der Waals surface area (Å²) in [4.78, 5) is 12.3. The minimum absolute atomic E-state index is 0.0487. The predicted octanol–water partition coefficient (Wildman–Crippen LogP) is 4.43. The van der Waals surface area contributed by atoms with Gasteiger partial charge in [-0.05, 0) is 52.4 Å². The first-order valence-electron chi connectivity index (χ1n) is 6.70. The molecule has 0 spiro atoms. The molecule has 0 radical (unpaired) electrons. The Kier molecular flexibility index (Phi) is 5.70. The number of carbonyl (C=O) groups is 1. The largest absolute Gasteiger partial charge is 0.460 e. The average molecular weight is 242 g/mol. The number of esters is 1. The lowest BCUT2D eigenvalue weighted by Gasteiger charge is -2.34. The van der Waals surface area contributed by atoms with Crippen LogP contribution in [0.2, 0.25) is 0 Å². The van der Waals surface area contributed by atoms with Gasteiger partial charge in [0, 0.05) is 0 Å². The van der Waals surface area contributed by atoms with Crippen LogP contribution in [0, 0.1) is 17.3 Å². The van der Waals surface area contributed by atoms with E-state index in [0.717, 1.165) is 12.8 Å². The van der Waals surface area contributed by atoms with Crippen LogP contribution in [-0.4, -0.2) is 11.6 Å². The molecule has 102 valence electrons. The molecule has 0 aliphatic rings. The highest BCUT2D eigenvalue weighted by Crippen LogP contribution is 2.35. The summed E-state index contributed by atoms with van der Waals surface area (Å²) in [6.07, 6.45) is 1.78. The lowest BCUT2D eigenvalue weighted by Crippen LogP contribution is -2.37. The van der Waals surface area contributed by atoms with E-state index in [-0.39, 0.29) is 11.4 Å². The number of carbonyl (C=O) groups excluding carboxylic acids is 1. The van der Waals surface area contributed by atoms with E-state index in [9.17, 15) is 4.79 Å². The van der Waals surface area contributed by atoms with Gasteiger partial charge in [-0.2, -0.15) is 0 Å². The van der Waals surface area contributed by atoms with Gasteiger partial charge in [-0.3, -0.25) is 4.79 Å². The van der Waals surface area contributed by atoms with Crippen molar-refractivity contribution in [2.75, 3.05) is 0 Å². The third-order valence-electron chi connectivity index (χ3n) is 2.61. The van der Waals surface area contributed by atoms with Crippen LogP contribution in [0.1, 0.15) is 68.2 Å². The molecule has 0 fully saturated rings. The molecule has 0 saturated carbocycles. The zero-order valence-electron chi connectivity index (χ0n) is 12.9. The summed E-state index contributed by atoms with van der Waals surface area (Å²) < 4.78 is 5.57. The Morgan fingerprint density at radius 3 is 1.53 bits per heavy atom. The minimum Gasteiger partial charge on any atom is -0.460 e. The van der Waals surface area contributed by atoms with Crippen molar-refractivity contribution in [3.8, 4) is 0 Å². The van der Waals surface area contributed by atoms with E-state index in [1.165, 1.54) is 0 Å². The first-order chi connectivity index (χ1) is 7.46. The Labute approximate surface area is 107 Å². The Morgan fingerprint density at radius 1 is 0.941 bits per heavy atom. The Morgan fingerprint density at radius 2 is 1.29 bits per heavy atom. The van der Waals surface area contributed by atoms with Crippen molar-refractivity contribution in [2.24, 2.45) is 17.3 Å². The third kappa shape index (κ3) is 6.70. The predicted molar refractivity (Wildman–Crippen MR) is 72.9 cm³/mol. The number of hydrogen-bond donors (Lipinski definition) is 0. The van der Waals surface area contributed by atoms with Crippen LogP contribution >= 0.6 is 0 Å². The van der Waals surface area contributed by atoms with Crippen LogP contribution in [0.3, 0.4) is 0 Å². The van der Waals surface area contributed by atoms with Gasteiger partial charge in [-0.15, -0.1) is 0 Å². The normalized spacial score (nSPS) is 13.3. The molecule has 0 aliphatic heterocycles. The van der Waals surface area contributed by atoms with Gasteiger partial charge in [0.1, 0.15) is 5.60 Å². The van der Waals surface area contributed by atoms with Gasteiger partial charge >= 0.3 is 5.97 Å². The van der Waals surface area contributed by atoms with Gasteiger partial charge in [0.2, 0.25) is 0 Å². The molecular formula is C15H30O2. The molecular weight excluding hydrogens is 212 g/mol. The molecule has 0 bridgehead atoms. The second kappa shape index (κ2) is 5.88. The molecule has 17 heavy (non-hydrogen) atoms. The van der Waals surface area contributed by atoms with Gasteiger partial charge in [0.05, 0.1) is 5.41 Å². The number of ether oxygens (including phenoxy) is 1. The molecule has 0 aromatic heterocycles. The maximum atomic E-state index is 12.3. The van der Waals surface area contributed by atoms with E-state index in [1.54, 1.807) is 0 Å². The van der Waals surface area contributed by atoms with Crippen molar-refractivity contribution in [1.82, 2.24) is 0 Å². The Bertz CT molecular complexity index is 236. The summed E-state index contributed by atoms with van der Waals surface area (Å²) in [7, 11) is 0. The molecule has 0 unspecified atom stereocenters. The summed E-state index contributed by atoms with van der Waals surface area (Å²) >= 11 is 0. The van der Waals surface area contributed by atoms with E-state index in [4.69, 9.17) is 4.74 Å². The number of hydrogen-bond acceptors (Lipinski definition) is 2. The molecule has 0 N–H and O–H groups in total. The highest BCUT2D eigenvalue weighted by molar-refractivity contribution is 5.76. The quantitative estimate of drug-likeness (QED) is 0.667. The van der Waals surface area contributed by atoms with Crippen molar-refractivity contribution in [3.63, 3.8) is 0 Å². The van der Waals surface area contributed by atoms with Crippen molar-refractivity contribution in [2.45, 2.75) is 73.8 Å². The average Bonchev–Trinajstić information content (AvgIpc) is 1.96. The minimum atomic E-state index is -0.397. The highest BCUT2D eigenvalue weighted by atomic mass is 16.6. The van der Waals surface area contributed by atoms with Crippen LogP contribution in [0.5, 0.6) is 0 Å². The number of rotatable bonds is 5. The maximum absolute atomic E-state index is 12.3. The van der Waals surface area contributed by atoms with E-state index >= 15 is 0 Å². The second-order valence-electron chi connectivity index (χ2n) is 7.26. The lowest BCUT2D eigenvalue weighted by atomic mass is 9.76. The molecule has 0 rings (SSSR count). The maximum Gasteiger partial charge on any atom is 0.312 e. The van der Waals surface area contributed by atoms with Gasteiger partial charge < -0.3 is 4.74 Å². The van der Waals surface area contributed by atoms with Gasteiger partial charge in [0.25, 0.3) is 0 Å². The SMILES string of the molecule is CC(C)CC(C)(CC(C)C)C(=O)OC(C)(C)C. The smallest absolute Gasteiger partial charge is 0.312 e. The molecule has 0 amide bonds. The van der Waals surface area contributed by atoms with E-state index < -0.39 is 5.60 Å². The van der Waals surface area contributed by atoms with Crippen molar-refractivity contribution >= 4 is 5.97 Å². The summed E-state index contributed by atoms with van der Waals surface area (Å²) in [5.74, 6) is 0.963. The van der Waals surface area contributed by atoms with Crippen LogP contribution in [-0.2, 0) is 9.53 Å². The molecule has 0 aromatic rings. The summed E-state index contributed by atoms with van der Waals surface area (Å²) in [6.45, 7) is 16.4. The van der Waals surface area contributed by atoms with Crippen molar-refractivity contribution in [1.29, 1.82) is 0 Å². The van der Waals surface area contributed by atoms with Crippen LogP contribution in [0.15, 0.2) is 0 Å². The first kappa shape index (κ1) is 16.5. The second-order valence-corrected chi connectivity index (χ2v) is 7.26. The fourth-order valence-corrected chi connectivity index (χ4v) is 2.45. The van der Waals surface area contributed by atoms with E-state index in [2.05, 4.69) is 27.7 Å². The highest BCUT2D eigenvalue weighted by Gasteiger charge is 2.38. The molecule has 0 heterocycles. The monoisotopic (exact) mass is 242 g/mol. The van der Waals surface area contributed by atoms with Crippen molar-refractivity contribution < 1.29 is 9.53 Å². The van der Waals surface area contributed by atoms with Gasteiger partial charge in [0.15, 0.2) is 0 Å². The zero-order valence-corrected chi connectivity index (χ0v) is 12.9. The first-order valence-corrected chi connectivity index (χ1v) is 6.70. The van der Waals surface area contributed by atoms with E-state index in [0.29, 0.717) is 11.8 Å². The van der Waals surface area contributed by atoms with E-state index in [1.807, 2.05) is 27.7 Å². The molecule has 0 aliphatic carbocycles. The van der Waals surface area contributed by atoms with Crippen molar-refractivity contribution in [3.05, 3.63) is 0 Å². The molecule has 0 saturated heterocycles. The summed E-state index contributed by atoms with van der Waals surface area (Å²) in [5, 5.41) is 0. The molecule has 2 heteroatoms. The summed E-state index contributed by atoms with van der Waals surface area (Å²) in [6, 6.07) is 0. The van der Waals surface area contributed by atoms with Gasteiger partial charge in [-0.1, -0.05) is 27.7 Å². The molecule has 2 nitrogen and oxygen atoms in total. The van der Waals surface area contributed by atoms with Crippen LogP contribution in [0.4, 0.5) is 0 Å². The third-order valence-corrected chi connectivity index (χ3v) is 2.61. The van der Waals surface area contributed by atoms with Gasteiger partial charge in [-0.25, -0.2) is 0 Å². The fraction of sp³-hybridized carbons (Fsp3) is 0.933. The standard InChI is InChI=1S/C15H30O2/c1-11(2)9-15(8,10-12(3)4)13(16)17-14(5,6)7/h11-12H,9-10H2,1-8H3. The topological polar surface area (TPSA) is 26.3 Å². The fourth-order valence-electron chi connectivity index (χ4n) is 2.45.